The van der Waals surface area contributed by atoms with E-state index in [1.165, 1.54) is 18.5 Å². The molecule has 10 heteroatoms. The molecule has 0 fully saturated rings. The van der Waals surface area contributed by atoms with Crippen molar-refractivity contribution in [3.63, 3.8) is 0 Å². The lowest BCUT2D eigenvalue weighted by Gasteiger charge is -2.10. The number of aromatic nitrogens is 4. The average molecular weight is 297 g/mol. The van der Waals surface area contributed by atoms with Gasteiger partial charge in [-0.3, -0.25) is 10.8 Å². The molecule has 108 valence electrons. The van der Waals surface area contributed by atoms with Crippen LogP contribution in [-0.2, 0) is 23.1 Å². The molecule has 2 heterocycles. The van der Waals surface area contributed by atoms with E-state index >= 15 is 0 Å². The Labute approximate surface area is 116 Å². The molecule has 0 aliphatic carbocycles. The lowest BCUT2D eigenvalue weighted by Crippen LogP contribution is -2.26. The second-order valence-electron chi connectivity index (χ2n) is 3.87. The molecule has 9 nitrogen and oxygen atoms in total. The summed E-state index contributed by atoms with van der Waals surface area (Å²) in [6.45, 7) is 2.61. The van der Waals surface area contributed by atoms with Crippen molar-refractivity contribution in [1.82, 2.24) is 24.5 Å². The number of aryl methyl sites for hydroxylation is 1. The molecule has 0 aliphatic rings. The molecule has 2 aromatic rings. The van der Waals surface area contributed by atoms with Crippen LogP contribution in [0.2, 0.25) is 0 Å². The average Bonchev–Trinajstić information content (AvgIpc) is 2.92. The number of hydrazine groups is 1. The minimum Gasteiger partial charge on any atom is -0.323 e. The smallest absolute Gasteiger partial charge is 0.244 e. The van der Waals surface area contributed by atoms with Gasteiger partial charge in [0.1, 0.15) is 17.0 Å². The largest absolute Gasteiger partial charge is 0.323 e. The van der Waals surface area contributed by atoms with E-state index in [2.05, 4.69) is 25.3 Å². The molecule has 4 N–H and O–H groups in total. The highest BCUT2D eigenvalue weighted by Gasteiger charge is 2.19. The highest BCUT2D eigenvalue weighted by molar-refractivity contribution is 7.89. The summed E-state index contributed by atoms with van der Waals surface area (Å²) in [5, 5.41) is 7.59. The second-order valence-corrected chi connectivity index (χ2v) is 5.61. The second kappa shape index (κ2) is 5.94. The van der Waals surface area contributed by atoms with Gasteiger partial charge in [-0.05, 0) is 13.0 Å². The zero-order valence-corrected chi connectivity index (χ0v) is 11.6. The lowest BCUT2D eigenvalue weighted by molar-refractivity contribution is 0.575. The van der Waals surface area contributed by atoms with Crippen LogP contribution in [0.25, 0.3) is 0 Å². The van der Waals surface area contributed by atoms with Crippen molar-refractivity contribution in [2.24, 2.45) is 5.84 Å². The fourth-order valence-electron chi connectivity index (χ4n) is 1.63. The van der Waals surface area contributed by atoms with Gasteiger partial charge in [-0.15, -0.1) is 10.2 Å². The number of hydrogen-bond donors (Lipinski definition) is 3. The Bertz CT molecular complexity index is 682. The van der Waals surface area contributed by atoms with Gasteiger partial charge in [0.15, 0.2) is 0 Å². The number of hydrogen-bond acceptors (Lipinski definition) is 7. The molecule has 0 amide bonds. The first-order chi connectivity index (χ1) is 9.58. The van der Waals surface area contributed by atoms with Gasteiger partial charge in [0.05, 0.1) is 12.2 Å². The summed E-state index contributed by atoms with van der Waals surface area (Å²) in [7, 11) is -3.74. The predicted molar refractivity (Wildman–Crippen MR) is 71.8 cm³/mol. The van der Waals surface area contributed by atoms with E-state index in [-0.39, 0.29) is 17.1 Å². The summed E-state index contributed by atoms with van der Waals surface area (Å²) >= 11 is 0. The molecular weight excluding hydrogens is 282 g/mol. The van der Waals surface area contributed by atoms with Gasteiger partial charge in [0.2, 0.25) is 10.0 Å². The minimum atomic E-state index is -3.74. The molecular formula is C10H15N7O2S. The van der Waals surface area contributed by atoms with E-state index in [4.69, 9.17) is 5.84 Å². The van der Waals surface area contributed by atoms with Crippen molar-refractivity contribution in [2.45, 2.75) is 24.9 Å². The highest BCUT2D eigenvalue weighted by atomic mass is 32.2. The topological polar surface area (TPSA) is 128 Å². The molecule has 20 heavy (non-hydrogen) atoms. The molecule has 0 atom stereocenters. The van der Waals surface area contributed by atoms with Gasteiger partial charge in [-0.2, -0.15) is 0 Å². The number of anilines is 1. The van der Waals surface area contributed by atoms with Crippen LogP contribution < -0.4 is 16.0 Å². The Kier molecular flexibility index (Phi) is 4.27. The fraction of sp³-hybridized carbons (Fsp3) is 0.300. The van der Waals surface area contributed by atoms with Crippen molar-refractivity contribution in [2.75, 3.05) is 5.43 Å². The van der Waals surface area contributed by atoms with Gasteiger partial charge < -0.3 is 9.99 Å². The Morgan fingerprint density at radius 2 is 2.25 bits per heavy atom. The van der Waals surface area contributed by atoms with Crippen LogP contribution in [-0.4, -0.2) is 28.2 Å². The van der Waals surface area contributed by atoms with Crippen molar-refractivity contribution in [1.29, 1.82) is 0 Å². The van der Waals surface area contributed by atoms with E-state index in [0.29, 0.717) is 12.4 Å². The molecule has 0 bridgehead atoms. The maximum Gasteiger partial charge on any atom is 0.244 e. The lowest BCUT2D eigenvalue weighted by atomic mass is 10.4. The van der Waals surface area contributed by atoms with E-state index in [1.54, 1.807) is 10.9 Å². The van der Waals surface area contributed by atoms with Gasteiger partial charge >= 0.3 is 0 Å². The summed E-state index contributed by atoms with van der Waals surface area (Å²) in [6, 6.07) is 1.48. The normalized spacial score (nSPS) is 11.5. The quantitative estimate of drug-likeness (QED) is 0.482. The maximum absolute atomic E-state index is 12.2. The van der Waals surface area contributed by atoms with Crippen molar-refractivity contribution < 1.29 is 8.42 Å². The Morgan fingerprint density at radius 1 is 1.45 bits per heavy atom. The molecule has 2 aromatic heterocycles. The van der Waals surface area contributed by atoms with E-state index < -0.39 is 10.0 Å². The maximum atomic E-state index is 12.2. The van der Waals surface area contributed by atoms with Crippen LogP contribution in [0, 0.1) is 0 Å². The molecule has 0 saturated heterocycles. The first-order valence-corrected chi connectivity index (χ1v) is 7.33. The number of sulfonamides is 1. The number of pyridine rings is 1. The molecule has 0 aromatic carbocycles. The minimum absolute atomic E-state index is 0.0231. The Morgan fingerprint density at radius 3 is 2.95 bits per heavy atom. The summed E-state index contributed by atoms with van der Waals surface area (Å²) in [5.74, 6) is 5.82. The van der Waals surface area contributed by atoms with Gasteiger partial charge in [0, 0.05) is 18.9 Å². The van der Waals surface area contributed by atoms with Crippen LogP contribution >= 0.6 is 0 Å². The monoisotopic (exact) mass is 297 g/mol. The van der Waals surface area contributed by atoms with Gasteiger partial charge in [-0.1, -0.05) is 0 Å². The molecule has 0 spiro atoms. The van der Waals surface area contributed by atoms with Crippen LogP contribution in [0.5, 0.6) is 0 Å². The Balaban J connectivity index is 2.19. The van der Waals surface area contributed by atoms with Gasteiger partial charge in [0.25, 0.3) is 0 Å². The molecule has 0 radical (unpaired) electrons. The third-order valence-corrected chi connectivity index (χ3v) is 4.11. The van der Waals surface area contributed by atoms with Crippen molar-refractivity contribution in [3.05, 3.63) is 30.6 Å². The summed E-state index contributed by atoms with van der Waals surface area (Å²) in [5.41, 5.74) is 2.59. The van der Waals surface area contributed by atoms with Crippen LogP contribution in [0.3, 0.4) is 0 Å². The first-order valence-electron chi connectivity index (χ1n) is 5.85. The molecule has 2 rings (SSSR count). The summed E-state index contributed by atoms with van der Waals surface area (Å²) in [4.78, 5) is 3.77. The summed E-state index contributed by atoms with van der Waals surface area (Å²) in [6.07, 6.45) is 4.21. The number of nitrogens with zero attached hydrogens (tertiary/aromatic N) is 4. The third-order valence-electron chi connectivity index (χ3n) is 2.69. The van der Waals surface area contributed by atoms with Crippen molar-refractivity contribution >= 4 is 15.7 Å². The molecule has 0 unspecified atom stereocenters. The Hall–Kier alpha value is -2.04. The molecule has 0 aliphatic heterocycles. The zero-order chi connectivity index (χ0) is 14.6. The standard InChI is InChI=1S/C10H15N7O2S/c1-2-17-7-13-16-10(17)6-14-20(18,19)9-5-12-4-3-8(9)15-11/h3-5,7,14H,2,6,11H2,1H3,(H,12,15). The predicted octanol–water partition coefficient (Wildman–Crippen LogP) is -0.543. The summed E-state index contributed by atoms with van der Waals surface area (Å²) < 4.78 is 28.6. The van der Waals surface area contributed by atoms with Crippen LogP contribution in [0.1, 0.15) is 12.7 Å². The van der Waals surface area contributed by atoms with Crippen LogP contribution in [0.15, 0.2) is 29.7 Å². The third kappa shape index (κ3) is 2.92. The molecule has 0 saturated carbocycles. The first kappa shape index (κ1) is 14.4. The number of rotatable bonds is 6. The van der Waals surface area contributed by atoms with Gasteiger partial charge in [-0.25, -0.2) is 13.1 Å². The zero-order valence-electron chi connectivity index (χ0n) is 10.8. The van der Waals surface area contributed by atoms with Crippen LogP contribution in [0.4, 0.5) is 5.69 Å². The number of nitrogens with two attached hydrogens (primary N) is 1. The SMILES string of the molecule is CCn1cnnc1CNS(=O)(=O)c1cnccc1NN. The number of nitrogen functional groups attached to an aromatic ring is 1. The number of nitrogens with one attached hydrogen (secondary N) is 2. The fourth-order valence-corrected chi connectivity index (χ4v) is 2.72. The van der Waals surface area contributed by atoms with Crippen molar-refractivity contribution in [3.8, 4) is 0 Å². The van der Waals surface area contributed by atoms with E-state index in [9.17, 15) is 8.42 Å². The van der Waals surface area contributed by atoms with E-state index in [0.717, 1.165) is 0 Å². The highest BCUT2D eigenvalue weighted by Crippen LogP contribution is 2.18. The van der Waals surface area contributed by atoms with E-state index in [1.807, 2.05) is 6.92 Å².